The van der Waals surface area contributed by atoms with Crippen molar-refractivity contribution >= 4 is 32.6 Å². The van der Waals surface area contributed by atoms with Crippen LogP contribution < -0.4 is 0 Å². The van der Waals surface area contributed by atoms with Crippen molar-refractivity contribution in [2.45, 2.75) is 0 Å². The lowest BCUT2D eigenvalue weighted by Gasteiger charge is -2.17. The topological polar surface area (TPSA) is 43.6 Å². The predicted molar refractivity (Wildman–Crippen MR) is 168 cm³/mol. The Kier molecular flexibility index (Phi) is 5.42. The maximum Gasteiger partial charge on any atom is 0.166 e. The van der Waals surface area contributed by atoms with Gasteiger partial charge in [-0.25, -0.2) is 15.0 Å². The van der Waals surface area contributed by atoms with Crippen molar-refractivity contribution in [1.82, 2.24) is 19.5 Å². The molecule has 0 aliphatic carbocycles. The van der Waals surface area contributed by atoms with Gasteiger partial charge in [-0.15, -0.1) is 0 Å². The Hall–Kier alpha value is -5.61. The number of nitrogens with zero attached hydrogens (tertiary/aromatic N) is 4. The van der Waals surface area contributed by atoms with Gasteiger partial charge in [0.2, 0.25) is 0 Å². The molecule has 2 aromatic heterocycles. The molecule has 192 valence electrons. The van der Waals surface area contributed by atoms with E-state index in [0.29, 0.717) is 17.5 Å². The highest BCUT2D eigenvalue weighted by molar-refractivity contribution is 6.11. The molecule has 0 radical (unpaired) electrons. The van der Waals surface area contributed by atoms with E-state index < -0.39 is 0 Å². The van der Waals surface area contributed by atoms with Gasteiger partial charge in [0, 0.05) is 21.9 Å². The van der Waals surface area contributed by atoms with Gasteiger partial charge >= 0.3 is 0 Å². The molecule has 0 unspecified atom stereocenters. The second-order valence-electron chi connectivity index (χ2n) is 10.1. The average molecular weight is 525 g/mol. The first-order valence-electron chi connectivity index (χ1n) is 13.7. The summed E-state index contributed by atoms with van der Waals surface area (Å²) in [6.07, 6.45) is 0. The Balaban J connectivity index is 1.50. The van der Waals surface area contributed by atoms with Crippen LogP contribution in [0.25, 0.3) is 72.4 Å². The Morgan fingerprint density at radius 2 is 0.829 bits per heavy atom. The summed E-state index contributed by atoms with van der Waals surface area (Å²) in [7, 11) is 0. The molecule has 41 heavy (non-hydrogen) atoms. The van der Waals surface area contributed by atoms with Crippen molar-refractivity contribution in [3.05, 3.63) is 146 Å². The molecule has 4 nitrogen and oxygen atoms in total. The highest BCUT2D eigenvalue weighted by atomic mass is 15.1. The van der Waals surface area contributed by atoms with Gasteiger partial charge in [-0.2, -0.15) is 0 Å². The number of hydrogen-bond acceptors (Lipinski definition) is 3. The van der Waals surface area contributed by atoms with E-state index in [4.69, 9.17) is 15.0 Å². The van der Waals surface area contributed by atoms with Gasteiger partial charge in [-0.1, -0.05) is 127 Å². The van der Waals surface area contributed by atoms with Crippen molar-refractivity contribution in [2.24, 2.45) is 0 Å². The quantitative estimate of drug-likeness (QED) is 0.231. The summed E-state index contributed by atoms with van der Waals surface area (Å²) in [5.41, 5.74) is 6.20. The normalized spacial score (nSPS) is 11.4. The molecule has 6 aromatic carbocycles. The highest BCUT2D eigenvalue weighted by Crippen LogP contribution is 2.39. The largest absolute Gasteiger partial charge is 0.308 e. The summed E-state index contributed by atoms with van der Waals surface area (Å²) in [4.78, 5) is 15.2. The number of hydrogen-bond donors (Lipinski definition) is 0. The molecule has 0 saturated heterocycles. The lowest BCUT2D eigenvalue weighted by atomic mass is 10.0. The Morgan fingerprint density at radius 1 is 0.366 bits per heavy atom. The molecular formula is C37H24N4. The molecule has 0 aliphatic rings. The van der Waals surface area contributed by atoms with Crippen LogP contribution in [0.2, 0.25) is 0 Å². The zero-order chi connectivity index (χ0) is 27.2. The third kappa shape index (κ3) is 3.88. The summed E-state index contributed by atoms with van der Waals surface area (Å²) in [6.45, 7) is 0. The second kappa shape index (κ2) is 9.54. The van der Waals surface area contributed by atoms with Crippen LogP contribution in [0.15, 0.2) is 146 Å². The fourth-order valence-corrected chi connectivity index (χ4v) is 5.78. The smallest absolute Gasteiger partial charge is 0.166 e. The van der Waals surface area contributed by atoms with Gasteiger partial charge in [0.1, 0.15) is 0 Å². The third-order valence-corrected chi connectivity index (χ3v) is 7.65. The number of fused-ring (bicyclic) bond motifs is 4. The molecule has 8 rings (SSSR count). The minimum Gasteiger partial charge on any atom is -0.308 e. The van der Waals surface area contributed by atoms with Crippen molar-refractivity contribution in [1.29, 1.82) is 0 Å². The van der Waals surface area contributed by atoms with Crippen LogP contribution in [0.1, 0.15) is 0 Å². The van der Waals surface area contributed by atoms with E-state index in [2.05, 4.69) is 89.5 Å². The fourth-order valence-electron chi connectivity index (χ4n) is 5.78. The molecule has 0 amide bonds. The molecule has 2 heterocycles. The Morgan fingerprint density at radius 3 is 1.41 bits per heavy atom. The van der Waals surface area contributed by atoms with Crippen molar-refractivity contribution in [2.75, 3.05) is 0 Å². The zero-order valence-electron chi connectivity index (χ0n) is 22.1. The van der Waals surface area contributed by atoms with Crippen LogP contribution in [0.3, 0.4) is 0 Å². The maximum absolute atomic E-state index is 5.14. The van der Waals surface area contributed by atoms with Crippen molar-refractivity contribution < 1.29 is 0 Å². The van der Waals surface area contributed by atoms with Crippen molar-refractivity contribution in [3.8, 4) is 39.9 Å². The first kappa shape index (κ1) is 23.3. The summed E-state index contributed by atoms with van der Waals surface area (Å²) in [5.74, 6) is 1.94. The maximum atomic E-state index is 5.14. The van der Waals surface area contributed by atoms with E-state index in [1.165, 1.54) is 10.8 Å². The fraction of sp³-hybridized carbons (Fsp3) is 0. The van der Waals surface area contributed by atoms with Crippen LogP contribution in [-0.2, 0) is 0 Å². The SMILES string of the molecule is c1ccc(-c2nc(-c3ccccc3)nc(-c3c(-n4c5ccccc5c5ccccc54)ccc4ccccc34)n2)cc1. The molecule has 0 saturated carbocycles. The van der Waals surface area contributed by atoms with Crippen LogP contribution in [0.4, 0.5) is 0 Å². The second-order valence-corrected chi connectivity index (χ2v) is 10.1. The summed E-state index contributed by atoms with van der Waals surface area (Å²) in [5, 5.41) is 4.66. The molecule has 8 aromatic rings. The van der Waals surface area contributed by atoms with Crippen LogP contribution in [0, 0.1) is 0 Å². The van der Waals surface area contributed by atoms with Gasteiger partial charge in [0.25, 0.3) is 0 Å². The molecule has 0 aliphatic heterocycles. The van der Waals surface area contributed by atoms with Crippen LogP contribution in [-0.4, -0.2) is 19.5 Å². The van der Waals surface area contributed by atoms with E-state index >= 15 is 0 Å². The number of para-hydroxylation sites is 2. The first-order valence-corrected chi connectivity index (χ1v) is 13.7. The van der Waals surface area contributed by atoms with Gasteiger partial charge in [-0.05, 0) is 29.0 Å². The standard InChI is InChI=1S/C37H24N4/c1-3-14-26(15-4-1)35-38-36(27-16-5-2-6-17-27)40-37(39-35)34-28-18-8-7-13-25(28)23-24-33(34)41-31-21-11-9-19-29(31)30-20-10-12-22-32(30)41/h1-24H. The van der Waals surface area contributed by atoms with E-state index in [9.17, 15) is 0 Å². The minimum absolute atomic E-state index is 0.645. The average Bonchev–Trinajstić information content (AvgIpc) is 3.39. The highest BCUT2D eigenvalue weighted by Gasteiger charge is 2.21. The van der Waals surface area contributed by atoms with Crippen LogP contribution in [0.5, 0.6) is 0 Å². The zero-order valence-corrected chi connectivity index (χ0v) is 22.1. The number of benzene rings is 6. The lowest BCUT2D eigenvalue weighted by Crippen LogP contribution is -2.04. The Bertz CT molecular complexity index is 2090. The van der Waals surface area contributed by atoms with Gasteiger partial charge < -0.3 is 4.57 Å². The lowest BCUT2D eigenvalue weighted by molar-refractivity contribution is 1.07. The van der Waals surface area contributed by atoms with Crippen molar-refractivity contribution in [3.63, 3.8) is 0 Å². The molecule has 0 fully saturated rings. The van der Waals surface area contributed by atoms with E-state index in [0.717, 1.165) is 44.2 Å². The van der Waals surface area contributed by atoms with Gasteiger partial charge in [-0.3, -0.25) is 0 Å². The molecule has 0 atom stereocenters. The molecule has 0 bridgehead atoms. The van der Waals surface area contributed by atoms with Gasteiger partial charge in [0.15, 0.2) is 17.5 Å². The third-order valence-electron chi connectivity index (χ3n) is 7.65. The summed E-state index contributed by atoms with van der Waals surface area (Å²) < 4.78 is 2.35. The molecule has 0 N–H and O–H groups in total. The minimum atomic E-state index is 0.645. The summed E-state index contributed by atoms with van der Waals surface area (Å²) >= 11 is 0. The molecular weight excluding hydrogens is 500 g/mol. The number of rotatable bonds is 4. The van der Waals surface area contributed by atoms with E-state index in [-0.39, 0.29) is 0 Å². The van der Waals surface area contributed by atoms with E-state index in [1.54, 1.807) is 0 Å². The predicted octanol–water partition coefficient (Wildman–Crippen LogP) is 9.12. The monoisotopic (exact) mass is 524 g/mol. The van der Waals surface area contributed by atoms with Gasteiger partial charge in [0.05, 0.1) is 22.3 Å². The first-order chi connectivity index (χ1) is 20.3. The van der Waals surface area contributed by atoms with Crippen LogP contribution >= 0.6 is 0 Å². The molecule has 0 spiro atoms. The van der Waals surface area contributed by atoms with E-state index in [1.807, 2.05) is 60.7 Å². The number of aromatic nitrogens is 4. The Labute approximate surface area is 237 Å². The molecule has 4 heteroatoms. The summed E-state index contributed by atoms with van der Waals surface area (Å²) in [6, 6.07) is 50.3.